The highest BCUT2D eigenvalue weighted by molar-refractivity contribution is 5.90. The second kappa shape index (κ2) is 7.57. The molecule has 1 heterocycles. The molecule has 0 atom stereocenters. The molecule has 0 aliphatic rings. The average Bonchev–Trinajstić information content (AvgIpc) is 2.54. The summed E-state index contributed by atoms with van der Waals surface area (Å²) in [6.45, 7) is 9.97. The second-order valence-corrected chi connectivity index (χ2v) is 7.55. The zero-order valence-corrected chi connectivity index (χ0v) is 16.0. The summed E-state index contributed by atoms with van der Waals surface area (Å²) < 4.78 is 0. The third-order valence-electron chi connectivity index (χ3n) is 4.56. The van der Waals surface area contributed by atoms with Crippen LogP contribution in [-0.2, 0) is 16.6 Å². The summed E-state index contributed by atoms with van der Waals surface area (Å²) in [7, 11) is 0. The zero-order chi connectivity index (χ0) is 19.5. The van der Waals surface area contributed by atoms with Crippen molar-refractivity contribution in [1.82, 2.24) is 4.98 Å². The molecule has 0 fully saturated rings. The molecule has 0 bridgehead atoms. The van der Waals surface area contributed by atoms with Gasteiger partial charge in [-0.05, 0) is 54.5 Å². The summed E-state index contributed by atoms with van der Waals surface area (Å²) in [4.78, 5) is 26.7. The van der Waals surface area contributed by atoms with Crippen LogP contribution in [0.3, 0.4) is 0 Å². The number of pyridine rings is 1. The van der Waals surface area contributed by atoms with E-state index in [2.05, 4.69) is 31.1 Å². The lowest BCUT2D eigenvalue weighted by molar-refractivity contribution is -0.116. The molecule has 5 heteroatoms. The Labute approximate surface area is 154 Å². The minimum Gasteiger partial charge on any atom is -0.326 e. The van der Waals surface area contributed by atoms with Crippen LogP contribution >= 0.6 is 0 Å². The largest absolute Gasteiger partial charge is 0.326 e. The number of carbonyl (C=O) groups excluding carboxylic acids is 1. The number of hydrogen-bond donors (Lipinski definition) is 2. The fraction of sp³-hybridized carbons (Fsp3) is 0.381. The fourth-order valence-corrected chi connectivity index (χ4v) is 2.94. The minimum atomic E-state index is -0.380. The lowest BCUT2D eigenvalue weighted by atomic mass is 9.87. The van der Waals surface area contributed by atoms with Gasteiger partial charge in [0.15, 0.2) is 0 Å². The van der Waals surface area contributed by atoms with Crippen LogP contribution in [0.1, 0.15) is 55.1 Å². The van der Waals surface area contributed by atoms with Gasteiger partial charge in [-0.15, -0.1) is 0 Å². The number of nitriles is 1. The van der Waals surface area contributed by atoms with E-state index in [4.69, 9.17) is 5.26 Å². The van der Waals surface area contributed by atoms with Crippen LogP contribution in [0, 0.1) is 25.2 Å². The molecule has 0 spiro atoms. The van der Waals surface area contributed by atoms with Gasteiger partial charge < -0.3 is 10.3 Å². The van der Waals surface area contributed by atoms with Crippen LogP contribution in [0.15, 0.2) is 29.1 Å². The molecule has 2 rings (SSSR count). The quantitative estimate of drug-likeness (QED) is 0.880. The fourth-order valence-electron chi connectivity index (χ4n) is 2.94. The van der Waals surface area contributed by atoms with Crippen LogP contribution in [0.4, 0.5) is 5.69 Å². The molecular weight excluding hydrogens is 326 g/mol. The maximum absolute atomic E-state index is 12.3. The predicted octanol–water partition coefficient (Wildman–Crippen LogP) is 3.73. The van der Waals surface area contributed by atoms with Crippen LogP contribution in [-0.4, -0.2) is 10.9 Å². The van der Waals surface area contributed by atoms with Gasteiger partial charge in [0, 0.05) is 17.8 Å². The highest BCUT2D eigenvalue weighted by Gasteiger charge is 2.15. The Bertz CT molecular complexity index is 910. The average molecular weight is 351 g/mol. The van der Waals surface area contributed by atoms with Crippen molar-refractivity contribution in [3.63, 3.8) is 0 Å². The first-order valence-corrected chi connectivity index (χ1v) is 8.66. The Balaban J connectivity index is 2.06. The number of aryl methyl sites for hydroxylation is 1. The van der Waals surface area contributed by atoms with Crippen molar-refractivity contribution in [3.8, 4) is 6.07 Å². The molecule has 1 amide bonds. The van der Waals surface area contributed by atoms with Gasteiger partial charge in [0.25, 0.3) is 5.56 Å². The molecule has 1 aromatic carbocycles. The highest BCUT2D eigenvalue weighted by Crippen LogP contribution is 2.23. The van der Waals surface area contributed by atoms with E-state index in [0.29, 0.717) is 17.7 Å². The van der Waals surface area contributed by atoms with E-state index in [1.807, 2.05) is 30.3 Å². The Kier molecular flexibility index (Phi) is 5.66. The van der Waals surface area contributed by atoms with Crippen molar-refractivity contribution in [2.75, 3.05) is 5.32 Å². The number of nitrogens with one attached hydrogen (secondary N) is 2. The molecule has 2 N–H and O–H groups in total. The minimum absolute atomic E-state index is 0.0697. The molecule has 26 heavy (non-hydrogen) atoms. The number of rotatable bonds is 4. The van der Waals surface area contributed by atoms with Gasteiger partial charge in [-0.2, -0.15) is 5.26 Å². The maximum atomic E-state index is 12.3. The summed E-state index contributed by atoms with van der Waals surface area (Å²) in [5.41, 5.74) is 3.97. The van der Waals surface area contributed by atoms with Crippen LogP contribution in [0.2, 0.25) is 0 Å². The zero-order valence-electron chi connectivity index (χ0n) is 16.0. The maximum Gasteiger partial charge on any atom is 0.266 e. The number of carbonyl (C=O) groups is 1. The Morgan fingerprint density at radius 1 is 1.19 bits per heavy atom. The lowest BCUT2D eigenvalue weighted by Gasteiger charge is -2.19. The number of nitrogens with zero attached hydrogens (tertiary/aromatic N) is 1. The molecular formula is C21H25N3O2. The Hall–Kier alpha value is -2.87. The van der Waals surface area contributed by atoms with Crippen molar-refractivity contribution >= 4 is 11.6 Å². The number of benzene rings is 1. The number of H-pyrrole nitrogens is 1. The highest BCUT2D eigenvalue weighted by atomic mass is 16.1. The Morgan fingerprint density at radius 2 is 1.81 bits per heavy atom. The van der Waals surface area contributed by atoms with Gasteiger partial charge in [-0.3, -0.25) is 9.59 Å². The molecule has 0 aliphatic heterocycles. The first kappa shape index (κ1) is 19.5. The lowest BCUT2D eigenvalue weighted by Crippen LogP contribution is -2.18. The van der Waals surface area contributed by atoms with Gasteiger partial charge in [0.1, 0.15) is 11.6 Å². The smallest absolute Gasteiger partial charge is 0.266 e. The number of aromatic amines is 1. The van der Waals surface area contributed by atoms with Crippen molar-refractivity contribution in [2.45, 2.75) is 52.9 Å². The van der Waals surface area contributed by atoms with E-state index in [1.54, 1.807) is 13.8 Å². The van der Waals surface area contributed by atoms with Gasteiger partial charge >= 0.3 is 0 Å². The van der Waals surface area contributed by atoms with Gasteiger partial charge in [0.2, 0.25) is 5.91 Å². The first-order valence-electron chi connectivity index (χ1n) is 8.66. The molecule has 0 radical (unpaired) electrons. The standard InChI is InChI=1S/C21H25N3O2/c1-13-17(14(2)23-20(26)18(13)12-22)10-11-19(25)24-16-8-6-15(7-9-16)21(3,4)5/h6-9H,10-11H2,1-5H3,(H,23,26)(H,24,25). The molecule has 5 nitrogen and oxygen atoms in total. The monoisotopic (exact) mass is 351 g/mol. The SMILES string of the molecule is Cc1[nH]c(=O)c(C#N)c(C)c1CCC(=O)Nc1ccc(C(C)(C)C)cc1. The van der Waals surface area contributed by atoms with E-state index in [1.165, 1.54) is 5.56 Å². The van der Waals surface area contributed by atoms with Gasteiger partial charge in [-0.1, -0.05) is 32.9 Å². The van der Waals surface area contributed by atoms with Crippen molar-refractivity contribution < 1.29 is 4.79 Å². The van der Waals surface area contributed by atoms with Crippen molar-refractivity contribution in [2.24, 2.45) is 0 Å². The van der Waals surface area contributed by atoms with Crippen LogP contribution < -0.4 is 10.9 Å². The molecule has 0 saturated heterocycles. The molecule has 0 unspecified atom stereocenters. The van der Waals surface area contributed by atoms with E-state index in [-0.39, 0.29) is 28.9 Å². The van der Waals surface area contributed by atoms with E-state index in [9.17, 15) is 9.59 Å². The molecule has 0 aliphatic carbocycles. The summed E-state index contributed by atoms with van der Waals surface area (Å²) in [6, 6.07) is 9.78. The summed E-state index contributed by atoms with van der Waals surface area (Å²) in [5.74, 6) is -0.1000. The number of anilines is 1. The summed E-state index contributed by atoms with van der Waals surface area (Å²) in [6.07, 6.45) is 0.745. The molecule has 2 aromatic rings. The summed E-state index contributed by atoms with van der Waals surface area (Å²) >= 11 is 0. The molecule has 1 aromatic heterocycles. The second-order valence-electron chi connectivity index (χ2n) is 7.55. The van der Waals surface area contributed by atoms with Gasteiger partial charge in [-0.25, -0.2) is 0 Å². The van der Waals surface area contributed by atoms with E-state index >= 15 is 0 Å². The summed E-state index contributed by atoms with van der Waals surface area (Å²) in [5, 5.41) is 12.0. The number of aromatic nitrogens is 1. The van der Waals surface area contributed by atoms with E-state index < -0.39 is 0 Å². The number of hydrogen-bond acceptors (Lipinski definition) is 3. The third-order valence-corrected chi connectivity index (χ3v) is 4.56. The Morgan fingerprint density at radius 3 is 2.35 bits per heavy atom. The third kappa shape index (κ3) is 4.40. The predicted molar refractivity (Wildman–Crippen MR) is 103 cm³/mol. The number of amides is 1. The molecule has 0 saturated carbocycles. The van der Waals surface area contributed by atoms with Crippen LogP contribution in [0.5, 0.6) is 0 Å². The molecule has 136 valence electrons. The van der Waals surface area contributed by atoms with E-state index in [0.717, 1.165) is 11.3 Å². The van der Waals surface area contributed by atoms with Gasteiger partial charge in [0.05, 0.1) is 0 Å². The first-order chi connectivity index (χ1) is 12.1. The van der Waals surface area contributed by atoms with Crippen molar-refractivity contribution in [3.05, 3.63) is 62.6 Å². The van der Waals surface area contributed by atoms with Crippen molar-refractivity contribution in [1.29, 1.82) is 5.26 Å². The normalized spacial score (nSPS) is 11.1. The topological polar surface area (TPSA) is 85.8 Å². The van der Waals surface area contributed by atoms with Crippen LogP contribution in [0.25, 0.3) is 0 Å².